The van der Waals surface area contributed by atoms with Gasteiger partial charge in [0.1, 0.15) is 11.6 Å². The zero-order chi connectivity index (χ0) is 13.5. The number of rotatable bonds is 6. The third kappa shape index (κ3) is 3.95. The van der Waals surface area contributed by atoms with E-state index in [1.54, 1.807) is 12.4 Å². The van der Waals surface area contributed by atoms with Crippen molar-refractivity contribution in [1.82, 2.24) is 9.97 Å². The second-order valence-electron chi connectivity index (χ2n) is 4.53. The Bertz CT molecular complexity index is 499. The first-order chi connectivity index (χ1) is 9.29. The molecule has 0 unspecified atom stereocenters. The maximum absolute atomic E-state index is 4.56. The molecule has 1 heterocycles. The molecule has 0 saturated heterocycles. The van der Waals surface area contributed by atoms with E-state index in [1.165, 1.54) is 5.56 Å². The lowest BCUT2D eigenvalue weighted by atomic mass is 10.2. The molecule has 0 atom stereocenters. The molecule has 0 aliphatic carbocycles. The average Bonchev–Trinajstić information content (AvgIpc) is 2.46. The minimum atomic E-state index is 0.826. The van der Waals surface area contributed by atoms with Gasteiger partial charge in [0.15, 0.2) is 0 Å². The van der Waals surface area contributed by atoms with Gasteiger partial charge in [-0.2, -0.15) is 0 Å². The van der Waals surface area contributed by atoms with Crippen molar-refractivity contribution in [3.63, 3.8) is 0 Å². The summed E-state index contributed by atoms with van der Waals surface area (Å²) in [5.74, 6) is 1.71. The average molecular weight is 256 g/mol. The Morgan fingerprint density at radius 1 is 1.16 bits per heavy atom. The summed E-state index contributed by atoms with van der Waals surface area (Å²) in [6.07, 6.45) is 4.63. The number of anilines is 2. The zero-order valence-corrected chi connectivity index (χ0v) is 11.5. The maximum atomic E-state index is 4.56. The number of hydrogen-bond donors (Lipinski definition) is 1. The van der Waals surface area contributed by atoms with Crippen molar-refractivity contribution in [2.75, 3.05) is 23.8 Å². The molecule has 0 spiro atoms. The fourth-order valence-corrected chi connectivity index (χ4v) is 1.82. The van der Waals surface area contributed by atoms with Crippen LogP contribution in [0.1, 0.15) is 18.9 Å². The Morgan fingerprint density at radius 3 is 2.68 bits per heavy atom. The van der Waals surface area contributed by atoms with Crippen LogP contribution in [-0.2, 0) is 6.54 Å². The monoisotopic (exact) mass is 256 g/mol. The summed E-state index contributed by atoms with van der Waals surface area (Å²) < 4.78 is 0. The molecule has 19 heavy (non-hydrogen) atoms. The number of aromatic nitrogens is 2. The van der Waals surface area contributed by atoms with Gasteiger partial charge in [0.25, 0.3) is 0 Å². The molecule has 0 amide bonds. The molecule has 0 bridgehead atoms. The van der Waals surface area contributed by atoms with Gasteiger partial charge in [-0.25, -0.2) is 4.98 Å². The highest BCUT2D eigenvalue weighted by molar-refractivity contribution is 5.43. The molecular formula is C15H20N4. The normalized spacial score (nSPS) is 10.2. The highest BCUT2D eigenvalue weighted by atomic mass is 15.2. The van der Waals surface area contributed by atoms with E-state index in [4.69, 9.17) is 0 Å². The number of hydrogen-bond acceptors (Lipinski definition) is 4. The van der Waals surface area contributed by atoms with Crippen LogP contribution in [0.3, 0.4) is 0 Å². The van der Waals surface area contributed by atoms with Crippen LogP contribution >= 0.6 is 0 Å². The van der Waals surface area contributed by atoms with Crippen LogP contribution in [0.2, 0.25) is 0 Å². The molecule has 0 radical (unpaired) electrons. The quantitative estimate of drug-likeness (QED) is 0.862. The maximum Gasteiger partial charge on any atom is 0.149 e. The van der Waals surface area contributed by atoms with Gasteiger partial charge in [0, 0.05) is 20.1 Å². The van der Waals surface area contributed by atoms with Crippen LogP contribution < -0.4 is 10.2 Å². The first kappa shape index (κ1) is 13.3. The molecule has 2 aromatic rings. The van der Waals surface area contributed by atoms with Gasteiger partial charge in [-0.05, 0) is 12.0 Å². The van der Waals surface area contributed by atoms with Gasteiger partial charge in [-0.1, -0.05) is 37.3 Å². The molecule has 1 aromatic carbocycles. The topological polar surface area (TPSA) is 41.1 Å². The third-order valence-electron chi connectivity index (χ3n) is 2.83. The molecule has 0 aliphatic heterocycles. The van der Waals surface area contributed by atoms with Gasteiger partial charge < -0.3 is 10.2 Å². The van der Waals surface area contributed by atoms with E-state index in [0.29, 0.717) is 0 Å². The minimum Gasteiger partial charge on any atom is -0.369 e. The van der Waals surface area contributed by atoms with Gasteiger partial charge >= 0.3 is 0 Å². The van der Waals surface area contributed by atoms with Gasteiger partial charge in [-0.15, -0.1) is 0 Å². The Balaban J connectivity index is 2.04. The second-order valence-corrected chi connectivity index (χ2v) is 4.53. The smallest absolute Gasteiger partial charge is 0.149 e. The van der Waals surface area contributed by atoms with Crippen molar-refractivity contribution >= 4 is 11.6 Å². The molecule has 1 N–H and O–H groups in total. The first-order valence-electron chi connectivity index (χ1n) is 6.60. The Morgan fingerprint density at radius 2 is 1.95 bits per heavy atom. The van der Waals surface area contributed by atoms with E-state index in [1.807, 2.05) is 25.2 Å². The number of benzene rings is 1. The van der Waals surface area contributed by atoms with E-state index in [-0.39, 0.29) is 0 Å². The van der Waals surface area contributed by atoms with Crippen LogP contribution in [0.4, 0.5) is 11.6 Å². The van der Waals surface area contributed by atoms with Gasteiger partial charge in [0.2, 0.25) is 0 Å². The summed E-state index contributed by atoms with van der Waals surface area (Å²) in [7, 11) is 2.03. The highest BCUT2D eigenvalue weighted by Crippen LogP contribution is 2.13. The minimum absolute atomic E-state index is 0.826. The van der Waals surface area contributed by atoms with E-state index in [0.717, 1.165) is 31.1 Å². The molecule has 2 rings (SSSR count). The molecule has 0 saturated carbocycles. The van der Waals surface area contributed by atoms with Gasteiger partial charge in [-0.3, -0.25) is 4.98 Å². The van der Waals surface area contributed by atoms with Gasteiger partial charge in [0.05, 0.1) is 12.4 Å². The lowest BCUT2D eigenvalue weighted by Crippen LogP contribution is -2.18. The molecule has 4 heteroatoms. The number of nitrogens with zero attached hydrogens (tertiary/aromatic N) is 3. The summed E-state index contributed by atoms with van der Waals surface area (Å²) in [5.41, 5.74) is 1.26. The third-order valence-corrected chi connectivity index (χ3v) is 2.83. The standard InChI is InChI=1S/C15H20N4/c1-3-9-17-14-10-16-11-15(18-14)19(2)12-13-7-5-4-6-8-13/h4-8,10-11H,3,9,12H2,1-2H3,(H,17,18). The molecular weight excluding hydrogens is 236 g/mol. The largest absolute Gasteiger partial charge is 0.369 e. The summed E-state index contributed by atoms with van der Waals surface area (Å²) in [6.45, 7) is 3.87. The number of nitrogens with one attached hydrogen (secondary N) is 1. The predicted octanol–water partition coefficient (Wildman–Crippen LogP) is 2.93. The molecule has 100 valence electrons. The van der Waals surface area contributed by atoms with Crippen LogP contribution in [0, 0.1) is 0 Å². The van der Waals surface area contributed by atoms with E-state index < -0.39 is 0 Å². The fraction of sp³-hybridized carbons (Fsp3) is 0.333. The molecule has 1 aromatic heterocycles. The van der Waals surface area contributed by atoms with Crippen LogP contribution in [-0.4, -0.2) is 23.6 Å². The van der Waals surface area contributed by atoms with Crippen molar-refractivity contribution in [3.05, 3.63) is 48.3 Å². The summed E-state index contributed by atoms with van der Waals surface area (Å²) in [6, 6.07) is 10.4. The summed E-state index contributed by atoms with van der Waals surface area (Å²) in [5, 5.41) is 3.25. The van der Waals surface area contributed by atoms with Crippen molar-refractivity contribution < 1.29 is 0 Å². The predicted molar refractivity (Wildman–Crippen MR) is 79.4 cm³/mol. The van der Waals surface area contributed by atoms with E-state index >= 15 is 0 Å². The van der Waals surface area contributed by atoms with Crippen molar-refractivity contribution in [2.24, 2.45) is 0 Å². The van der Waals surface area contributed by atoms with Crippen molar-refractivity contribution in [2.45, 2.75) is 19.9 Å². The second kappa shape index (κ2) is 6.73. The van der Waals surface area contributed by atoms with Crippen LogP contribution in [0.15, 0.2) is 42.7 Å². The lowest BCUT2D eigenvalue weighted by molar-refractivity contribution is 0.885. The Kier molecular flexibility index (Phi) is 4.72. The van der Waals surface area contributed by atoms with Crippen molar-refractivity contribution in [1.29, 1.82) is 0 Å². The molecule has 4 nitrogen and oxygen atoms in total. The highest BCUT2D eigenvalue weighted by Gasteiger charge is 2.05. The summed E-state index contributed by atoms with van der Waals surface area (Å²) >= 11 is 0. The first-order valence-corrected chi connectivity index (χ1v) is 6.60. The van der Waals surface area contributed by atoms with E-state index in [2.05, 4.69) is 39.2 Å². The SMILES string of the molecule is CCCNc1cncc(N(C)Cc2ccccc2)n1. The Labute approximate surface area is 114 Å². The zero-order valence-electron chi connectivity index (χ0n) is 11.5. The van der Waals surface area contributed by atoms with Crippen LogP contribution in [0.5, 0.6) is 0 Å². The lowest BCUT2D eigenvalue weighted by Gasteiger charge is -2.18. The van der Waals surface area contributed by atoms with E-state index in [9.17, 15) is 0 Å². The fourth-order valence-electron chi connectivity index (χ4n) is 1.82. The summed E-state index contributed by atoms with van der Waals surface area (Å²) in [4.78, 5) is 10.9. The van der Waals surface area contributed by atoms with Crippen molar-refractivity contribution in [3.8, 4) is 0 Å². The van der Waals surface area contributed by atoms with Crippen LogP contribution in [0.25, 0.3) is 0 Å². The molecule has 0 aliphatic rings. The molecule has 0 fully saturated rings. The Hall–Kier alpha value is -2.10.